The number of hydrogen-bond donors (Lipinski definition) is 4. The molecule has 0 radical (unpaired) electrons. The molecule has 2 rings (SSSR count). The quantitative estimate of drug-likeness (QED) is 0.351. The lowest BCUT2D eigenvalue weighted by molar-refractivity contribution is -0.143. The second-order valence-electron chi connectivity index (χ2n) is 6.89. The highest BCUT2D eigenvalue weighted by atomic mass is 16.5. The summed E-state index contributed by atoms with van der Waals surface area (Å²) in [5.41, 5.74) is 6.15. The molecule has 162 valence electrons. The van der Waals surface area contributed by atoms with Gasteiger partial charge >= 0.3 is 17.6 Å². The minimum Gasteiger partial charge on any atom is -0.481 e. The number of nitrogens with two attached hydrogens (primary N) is 1. The van der Waals surface area contributed by atoms with Gasteiger partial charge in [0.2, 0.25) is 0 Å². The average Bonchev–Trinajstić information content (AvgIpc) is 2.67. The molecular weight excluding hydrogens is 394 g/mol. The largest absolute Gasteiger partial charge is 0.481 e. The number of aryl methyl sites for hydroxylation is 1. The van der Waals surface area contributed by atoms with Crippen molar-refractivity contribution >= 4 is 28.9 Å². The molecule has 1 aromatic heterocycles. The topological polar surface area (TPSA) is 161 Å². The molecule has 10 nitrogen and oxygen atoms in total. The van der Waals surface area contributed by atoms with Crippen LogP contribution in [0.4, 0.5) is 4.79 Å². The Morgan fingerprint density at radius 3 is 2.57 bits per heavy atom. The Labute approximate surface area is 172 Å². The highest BCUT2D eigenvalue weighted by molar-refractivity contribution is 5.86. The minimum atomic E-state index is -1.20. The maximum atomic E-state index is 12.4. The fraction of sp³-hybridized carbons (Fsp3) is 0.400. The van der Waals surface area contributed by atoms with Crippen molar-refractivity contribution in [2.45, 2.75) is 45.8 Å². The summed E-state index contributed by atoms with van der Waals surface area (Å²) in [6, 6.07) is 3.04. The first kappa shape index (κ1) is 22.7. The molecule has 5 N–H and O–H groups in total. The number of urea groups is 1. The summed E-state index contributed by atoms with van der Waals surface area (Å²) in [6.45, 7) is 5.17. The third-order valence-corrected chi connectivity index (χ3v) is 4.69. The zero-order valence-corrected chi connectivity index (χ0v) is 17.0. The van der Waals surface area contributed by atoms with E-state index in [2.05, 4.69) is 10.6 Å². The van der Waals surface area contributed by atoms with Gasteiger partial charge in [0.05, 0.1) is 0 Å². The number of fused-ring (bicyclic) bond motifs is 1. The number of nitrogens with one attached hydrogen (secondary N) is 2. The lowest BCUT2D eigenvalue weighted by Gasteiger charge is -2.19. The smallest absolute Gasteiger partial charge is 0.339 e. The van der Waals surface area contributed by atoms with Crippen LogP contribution in [0.1, 0.15) is 30.9 Å². The average molecular weight is 419 g/mol. The summed E-state index contributed by atoms with van der Waals surface area (Å²) in [6.07, 6.45) is -0.572. The van der Waals surface area contributed by atoms with Crippen molar-refractivity contribution in [3.63, 3.8) is 0 Å². The summed E-state index contributed by atoms with van der Waals surface area (Å²) < 4.78 is 10.9. The molecule has 2 aromatic rings. The van der Waals surface area contributed by atoms with Gasteiger partial charge in [0.25, 0.3) is 5.91 Å². The monoisotopic (exact) mass is 419 g/mol. The van der Waals surface area contributed by atoms with E-state index in [0.717, 1.165) is 10.9 Å². The Bertz CT molecular complexity index is 1020. The molecular formula is C20H25N3O7. The first-order valence-electron chi connectivity index (χ1n) is 9.37. The maximum Gasteiger partial charge on any atom is 0.339 e. The lowest BCUT2D eigenvalue weighted by atomic mass is 10.1. The van der Waals surface area contributed by atoms with Crippen LogP contribution in [0, 0.1) is 13.8 Å². The van der Waals surface area contributed by atoms with Crippen LogP contribution in [-0.4, -0.2) is 41.7 Å². The molecule has 0 fully saturated rings. The zero-order chi connectivity index (χ0) is 22.4. The van der Waals surface area contributed by atoms with Crippen LogP contribution in [0.25, 0.3) is 11.0 Å². The van der Waals surface area contributed by atoms with E-state index in [1.54, 1.807) is 19.1 Å². The number of carbonyl (C=O) groups excluding carboxylic acids is 2. The van der Waals surface area contributed by atoms with Crippen LogP contribution in [0.15, 0.2) is 27.4 Å². The molecule has 30 heavy (non-hydrogen) atoms. The summed E-state index contributed by atoms with van der Waals surface area (Å²) >= 11 is 0. The fourth-order valence-corrected chi connectivity index (χ4v) is 2.82. The molecule has 0 spiro atoms. The number of carboxylic acids is 1. The van der Waals surface area contributed by atoms with Crippen molar-refractivity contribution < 1.29 is 28.6 Å². The predicted molar refractivity (Wildman–Crippen MR) is 108 cm³/mol. The van der Waals surface area contributed by atoms with E-state index in [-0.39, 0.29) is 13.0 Å². The number of hydrogen-bond acceptors (Lipinski definition) is 6. The molecule has 1 heterocycles. The molecule has 0 aliphatic rings. The number of carboxylic acid groups (broad SMARTS) is 1. The van der Waals surface area contributed by atoms with Crippen LogP contribution in [0.3, 0.4) is 0 Å². The molecule has 0 saturated heterocycles. The second-order valence-corrected chi connectivity index (χ2v) is 6.89. The van der Waals surface area contributed by atoms with E-state index >= 15 is 0 Å². The van der Waals surface area contributed by atoms with Gasteiger partial charge in [-0.15, -0.1) is 0 Å². The summed E-state index contributed by atoms with van der Waals surface area (Å²) in [5.74, 6) is -1.52. The Hall–Kier alpha value is -3.56. The first-order chi connectivity index (χ1) is 14.1. The molecule has 2 atom stereocenters. The molecule has 10 heteroatoms. The number of primary amides is 1. The summed E-state index contributed by atoms with van der Waals surface area (Å²) in [5, 5.41) is 14.8. The van der Waals surface area contributed by atoms with Gasteiger partial charge in [0, 0.05) is 23.6 Å². The number of amides is 3. The minimum absolute atomic E-state index is 0.105. The summed E-state index contributed by atoms with van der Waals surface area (Å²) in [7, 11) is 0. The number of carbonyl (C=O) groups is 3. The first-order valence-corrected chi connectivity index (χ1v) is 9.37. The third kappa shape index (κ3) is 5.72. The van der Waals surface area contributed by atoms with Gasteiger partial charge in [-0.2, -0.15) is 0 Å². The van der Waals surface area contributed by atoms with Crippen LogP contribution >= 0.6 is 0 Å². The van der Waals surface area contributed by atoms with Crippen LogP contribution in [0.5, 0.6) is 5.75 Å². The van der Waals surface area contributed by atoms with E-state index in [4.69, 9.17) is 14.9 Å². The zero-order valence-electron chi connectivity index (χ0n) is 17.0. The van der Waals surface area contributed by atoms with Crippen molar-refractivity contribution in [3.05, 3.63) is 39.7 Å². The standard InChI is InChI=1S/C20H25N3O7/c1-10-11(2)19(27)30-16-9-13(6-7-14(10)16)29-12(3)17(24)23-15(18(25)26)5-4-8-22-20(21)28/h6-7,9,12,15H,4-5,8H2,1-3H3,(H,23,24)(H,25,26)(H3,21,22,28)/t12-,15+/m0/s1. The van der Waals surface area contributed by atoms with E-state index < -0.39 is 35.7 Å². The van der Waals surface area contributed by atoms with Gasteiger partial charge in [0.1, 0.15) is 17.4 Å². The van der Waals surface area contributed by atoms with Gasteiger partial charge in [-0.3, -0.25) is 4.79 Å². The van der Waals surface area contributed by atoms with E-state index in [1.165, 1.54) is 13.0 Å². The Morgan fingerprint density at radius 1 is 1.23 bits per heavy atom. The Balaban J connectivity index is 2.03. The van der Waals surface area contributed by atoms with Gasteiger partial charge in [0.15, 0.2) is 6.10 Å². The number of rotatable bonds is 9. The number of aliphatic carboxylic acids is 1. The molecule has 3 amide bonds. The van der Waals surface area contributed by atoms with Crippen molar-refractivity contribution in [2.75, 3.05) is 6.54 Å². The molecule has 0 bridgehead atoms. The molecule has 1 aromatic carbocycles. The second kappa shape index (κ2) is 9.77. The SMILES string of the molecule is Cc1c(C)c2ccc(O[C@@H](C)C(=O)N[C@H](CCCNC(N)=O)C(=O)O)cc2oc1=O. The van der Waals surface area contributed by atoms with Crippen LogP contribution in [-0.2, 0) is 9.59 Å². The highest BCUT2D eigenvalue weighted by Crippen LogP contribution is 2.24. The Morgan fingerprint density at radius 2 is 1.93 bits per heavy atom. The normalized spacial score (nSPS) is 12.8. The lowest BCUT2D eigenvalue weighted by Crippen LogP contribution is -2.46. The third-order valence-electron chi connectivity index (χ3n) is 4.69. The molecule has 0 unspecified atom stereocenters. The van der Waals surface area contributed by atoms with Gasteiger partial charge in [-0.05, 0) is 51.3 Å². The number of ether oxygens (including phenoxy) is 1. The number of benzene rings is 1. The van der Waals surface area contributed by atoms with Gasteiger partial charge in [-0.25, -0.2) is 14.4 Å². The van der Waals surface area contributed by atoms with E-state index in [1.807, 2.05) is 6.92 Å². The highest BCUT2D eigenvalue weighted by Gasteiger charge is 2.24. The Kier molecular flexibility index (Phi) is 7.40. The van der Waals surface area contributed by atoms with E-state index in [0.29, 0.717) is 23.3 Å². The maximum absolute atomic E-state index is 12.4. The van der Waals surface area contributed by atoms with Crippen LogP contribution in [0.2, 0.25) is 0 Å². The van der Waals surface area contributed by atoms with Gasteiger partial charge in [-0.1, -0.05) is 0 Å². The van der Waals surface area contributed by atoms with E-state index in [9.17, 15) is 24.3 Å². The predicted octanol–water partition coefficient (Wildman–Crippen LogP) is 1.20. The van der Waals surface area contributed by atoms with Crippen LogP contribution < -0.4 is 26.7 Å². The van der Waals surface area contributed by atoms with Crippen molar-refractivity contribution in [1.82, 2.24) is 10.6 Å². The molecule has 0 saturated carbocycles. The van der Waals surface area contributed by atoms with Crippen molar-refractivity contribution in [3.8, 4) is 5.75 Å². The molecule has 0 aliphatic carbocycles. The summed E-state index contributed by atoms with van der Waals surface area (Å²) in [4.78, 5) is 46.2. The fourth-order valence-electron chi connectivity index (χ4n) is 2.82. The van der Waals surface area contributed by atoms with Crippen molar-refractivity contribution in [1.29, 1.82) is 0 Å². The van der Waals surface area contributed by atoms with Gasteiger partial charge < -0.3 is 30.6 Å². The van der Waals surface area contributed by atoms with Crippen molar-refractivity contribution in [2.24, 2.45) is 5.73 Å². The molecule has 0 aliphatic heterocycles.